The van der Waals surface area contributed by atoms with Crippen LogP contribution in [0.1, 0.15) is 16.7 Å². The number of rotatable bonds is 3. The SMILES string of the molecule is NC(=S)c1cc(F)cc(CN2CCc3ccccc32)c1. The molecule has 1 aliphatic rings. The van der Waals surface area contributed by atoms with Crippen molar-refractivity contribution in [3.8, 4) is 0 Å². The molecule has 1 heterocycles. The maximum Gasteiger partial charge on any atom is 0.124 e. The Labute approximate surface area is 123 Å². The molecule has 0 saturated heterocycles. The molecular formula is C16H15FN2S. The molecule has 0 atom stereocenters. The summed E-state index contributed by atoms with van der Waals surface area (Å²) in [5.74, 6) is -0.294. The van der Waals surface area contributed by atoms with Gasteiger partial charge in [-0.25, -0.2) is 4.39 Å². The minimum Gasteiger partial charge on any atom is -0.389 e. The Kier molecular flexibility index (Phi) is 3.40. The van der Waals surface area contributed by atoms with Gasteiger partial charge in [0.25, 0.3) is 0 Å². The van der Waals surface area contributed by atoms with Gasteiger partial charge in [0.05, 0.1) is 0 Å². The summed E-state index contributed by atoms with van der Waals surface area (Å²) >= 11 is 4.92. The molecule has 0 radical (unpaired) electrons. The lowest BCUT2D eigenvalue weighted by molar-refractivity contribution is 0.624. The van der Waals surface area contributed by atoms with E-state index in [1.807, 2.05) is 12.1 Å². The van der Waals surface area contributed by atoms with E-state index in [0.717, 1.165) is 18.5 Å². The molecule has 0 bridgehead atoms. The van der Waals surface area contributed by atoms with Gasteiger partial charge < -0.3 is 10.6 Å². The fourth-order valence-corrected chi connectivity index (χ4v) is 2.79. The lowest BCUT2D eigenvalue weighted by Gasteiger charge is -2.20. The summed E-state index contributed by atoms with van der Waals surface area (Å²) in [7, 11) is 0. The van der Waals surface area contributed by atoms with Gasteiger partial charge in [0.2, 0.25) is 0 Å². The van der Waals surface area contributed by atoms with Crippen LogP contribution in [0.15, 0.2) is 42.5 Å². The normalized spacial score (nSPS) is 13.3. The van der Waals surface area contributed by atoms with Crippen molar-refractivity contribution in [2.24, 2.45) is 5.73 Å². The highest BCUT2D eigenvalue weighted by Gasteiger charge is 2.18. The highest BCUT2D eigenvalue weighted by molar-refractivity contribution is 7.80. The largest absolute Gasteiger partial charge is 0.389 e. The average Bonchev–Trinajstić information content (AvgIpc) is 2.82. The van der Waals surface area contributed by atoms with Crippen molar-refractivity contribution in [3.63, 3.8) is 0 Å². The third-order valence-electron chi connectivity index (χ3n) is 3.60. The first kappa shape index (κ1) is 13.1. The summed E-state index contributed by atoms with van der Waals surface area (Å²) in [5, 5.41) is 0. The number of fused-ring (bicyclic) bond motifs is 1. The number of nitrogens with zero attached hydrogens (tertiary/aromatic N) is 1. The Hall–Kier alpha value is -1.94. The maximum absolute atomic E-state index is 13.6. The first-order valence-corrected chi connectivity index (χ1v) is 6.96. The molecule has 0 spiro atoms. The molecule has 3 rings (SSSR count). The molecule has 1 aliphatic heterocycles. The van der Waals surface area contributed by atoms with Crippen LogP contribution >= 0.6 is 12.2 Å². The summed E-state index contributed by atoms with van der Waals surface area (Å²) in [5.41, 5.74) is 9.64. The molecule has 0 unspecified atom stereocenters. The van der Waals surface area contributed by atoms with Crippen LogP contribution in [0, 0.1) is 5.82 Å². The van der Waals surface area contributed by atoms with Gasteiger partial charge in [-0.1, -0.05) is 30.4 Å². The standard InChI is InChI=1S/C16H15FN2S/c17-14-8-11(7-13(9-14)16(18)20)10-19-6-5-12-3-1-2-4-15(12)19/h1-4,7-9H,5-6,10H2,(H2,18,20). The van der Waals surface area contributed by atoms with Crippen molar-refractivity contribution in [3.05, 3.63) is 65.0 Å². The summed E-state index contributed by atoms with van der Waals surface area (Å²) in [4.78, 5) is 2.49. The van der Waals surface area contributed by atoms with Crippen molar-refractivity contribution in [1.82, 2.24) is 0 Å². The van der Waals surface area contributed by atoms with Gasteiger partial charge in [-0.2, -0.15) is 0 Å². The molecule has 4 heteroatoms. The van der Waals surface area contributed by atoms with Crippen molar-refractivity contribution < 1.29 is 4.39 Å². The van der Waals surface area contributed by atoms with Gasteiger partial charge in [-0.3, -0.25) is 0 Å². The molecule has 0 aromatic heterocycles. The molecule has 20 heavy (non-hydrogen) atoms. The maximum atomic E-state index is 13.6. The van der Waals surface area contributed by atoms with Crippen molar-refractivity contribution in [2.45, 2.75) is 13.0 Å². The van der Waals surface area contributed by atoms with Crippen LogP contribution in [0.2, 0.25) is 0 Å². The van der Waals surface area contributed by atoms with E-state index in [0.29, 0.717) is 12.1 Å². The molecule has 2 aromatic carbocycles. The molecular weight excluding hydrogens is 271 g/mol. The fourth-order valence-electron chi connectivity index (χ4n) is 2.68. The van der Waals surface area contributed by atoms with Crippen LogP contribution in [-0.4, -0.2) is 11.5 Å². The highest BCUT2D eigenvalue weighted by atomic mass is 32.1. The van der Waals surface area contributed by atoms with E-state index in [-0.39, 0.29) is 10.8 Å². The Morgan fingerprint density at radius 2 is 2.05 bits per heavy atom. The van der Waals surface area contributed by atoms with Crippen LogP contribution in [0.3, 0.4) is 0 Å². The van der Waals surface area contributed by atoms with E-state index in [2.05, 4.69) is 23.1 Å². The first-order chi connectivity index (χ1) is 9.63. The van der Waals surface area contributed by atoms with Gasteiger partial charge in [-0.05, 0) is 41.8 Å². The fraction of sp³-hybridized carbons (Fsp3) is 0.188. The van der Waals surface area contributed by atoms with E-state index in [1.54, 1.807) is 6.07 Å². The van der Waals surface area contributed by atoms with Crippen molar-refractivity contribution >= 4 is 22.9 Å². The smallest absolute Gasteiger partial charge is 0.124 e. The molecule has 102 valence electrons. The Morgan fingerprint density at radius 1 is 1.25 bits per heavy atom. The second-order valence-corrected chi connectivity index (χ2v) is 5.45. The van der Waals surface area contributed by atoms with Gasteiger partial charge >= 0.3 is 0 Å². The lowest BCUT2D eigenvalue weighted by atomic mass is 10.1. The van der Waals surface area contributed by atoms with Gasteiger partial charge in [0, 0.05) is 24.3 Å². The molecule has 0 amide bonds. The second-order valence-electron chi connectivity index (χ2n) is 5.01. The minimum atomic E-state index is -0.294. The zero-order valence-corrected chi connectivity index (χ0v) is 11.8. The Bertz CT molecular complexity index is 669. The van der Waals surface area contributed by atoms with Crippen molar-refractivity contribution in [1.29, 1.82) is 0 Å². The number of hydrogen-bond acceptors (Lipinski definition) is 2. The topological polar surface area (TPSA) is 29.3 Å². The van der Waals surface area contributed by atoms with Crippen LogP contribution < -0.4 is 10.6 Å². The van der Waals surface area contributed by atoms with Gasteiger partial charge in [0.1, 0.15) is 10.8 Å². The van der Waals surface area contributed by atoms with E-state index in [4.69, 9.17) is 18.0 Å². The van der Waals surface area contributed by atoms with E-state index >= 15 is 0 Å². The third kappa shape index (κ3) is 2.51. The van der Waals surface area contributed by atoms with Crippen molar-refractivity contribution in [2.75, 3.05) is 11.4 Å². The first-order valence-electron chi connectivity index (χ1n) is 6.55. The number of hydrogen-bond donors (Lipinski definition) is 1. The summed E-state index contributed by atoms with van der Waals surface area (Å²) in [6.07, 6.45) is 1.04. The zero-order chi connectivity index (χ0) is 14.1. The predicted molar refractivity (Wildman–Crippen MR) is 83.5 cm³/mol. The van der Waals surface area contributed by atoms with Crippen LogP contribution in [0.4, 0.5) is 10.1 Å². The van der Waals surface area contributed by atoms with E-state index in [9.17, 15) is 4.39 Å². The molecule has 0 aliphatic carbocycles. The number of halogens is 1. The highest BCUT2D eigenvalue weighted by Crippen LogP contribution is 2.29. The Balaban J connectivity index is 1.88. The number of para-hydroxylation sites is 1. The lowest BCUT2D eigenvalue weighted by Crippen LogP contribution is -2.20. The summed E-state index contributed by atoms with van der Waals surface area (Å²) in [6.45, 7) is 1.63. The monoisotopic (exact) mass is 286 g/mol. The van der Waals surface area contributed by atoms with Gasteiger partial charge in [0.15, 0.2) is 0 Å². The van der Waals surface area contributed by atoms with E-state index in [1.165, 1.54) is 17.3 Å². The molecule has 2 nitrogen and oxygen atoms in total. The Morgan fingerprint density at radius 3 is 2.85 bits per heavy atom. The molecule has 2 aromatic rings. The number of benzene rings is 2. The van der Waals surface area contributed by atoms with Gasteiger partial charge in [-0.15, -0.1) is 0 Å². The average molecular weight is 286 g/mol. The van der Waals surface area contributed by atoms with Crippen LogP contribution in [0.25, 0.3) is 0 Å². The molecule has 0 saturated carbocycles. The summed E-state index contributed by atoms with van der Waals surface area (Å²) < 4.78 is 13.6. The quantitative estimate of drug-likeness (QED) is 0.879. The molecule has 2 N–H and O–H groups in total. The molecule has 0 fully saturated rings. The van der Waals surface area contributed by atoms with Crippen LogP contribution in [0.5, 0.6) is 0 Å². The summed E-state index contributed by atoms with van der Waals surface area (Å²) in [6, 6.07) is 13.1. The predicted octanol–water partition coefficient (Wildman–Crippen LogP) is 3.02. The van der Waals surface area contributed by atoms with Crippen LogP contribution in [-0.2, 0) is 13.0 Å². The number of thiocarbonyl (C=S) groups is 1. The number of anilines is 1. The van der Waals surface area contributed by atoms with E-state index < -0.39 is 0 Å². The zero-order valence-electron chi connectivity index (χ0n) is 11.0. The minimum absolute atomic E-state index is 0.229. The second kappa shape index (κ2) is 5.21. The number of nitrogens with two attached hydrogens (primary N) is 1. The third-order valence-corrected chi connectivity index (χ3v) is 3.83.